The van der Waals surface area contributed by atoms with Crippen LogP contribution in [0.5, 0.6) is 0 Å². The monoisotopic (exact) mass is 664 g/mol. The molecule has 0 bridgehead atoms. The average molecular weight is 662 g/mol. The Kier molecular flexibility index (Phi) is 17.3. The maximum atomic E-state index is 2.74. The molecule has 0 aromatic carbocycles. The van der Waals surface area contributed by atoms with Gasteiger partial charge in [-0.3, -0.25) is 0 Å². The van der Waals surface area contributed by atoms with Crippen LogP contribution >= 0.6 is 11.3 Å². The molecular weight excluding hydrogens is 606 g/mol. The van der Waals surface area contributed by atoms with Gasteiger partial charge in [-0.05, 0) is 0 Å². The van der Waals surface area contributed by atoms with Crippen LogP contribution in [-0.2, 0) is 0 Å². The Balaban J connectivity index is 3.54. The minimum absolute atomic E-state index is 1.40. The molecule has 1 rings (SSSR count). The second kappa shape index (κ2) is 17.7. The third kappa shape index (κ3) is 9.46. The van der Waals surface area contributed by atoms with Crippen molar-refractivity contribution in [3.8, 4) is 0 Å². The van der Waals surface area contributed by atoms with Gasteiger partial charge in [0.25, 0.3) is 0 Å². The molecule has 1 heterocycles. The van der Waals surface area contributed by atoms with Gasteiger partial charge >= 0.3 is 211 Å². The molecule has 0 aliphatic rings. The molecule has 0 atom stereocenters. The number of thiophene rings is 1. The van der Waals surface area contributed by atoms with Gasteiger partial charge in [-0.2, -0.15) is 0 Å². The second-order valence-corrected chi connectivity index (χ2v) is 38.4. The van der Waals surface area contributed by atoms with Gasteiger partial charge in [-0.1, -0.05) is 0 Å². The first-order valence-corrected chi connectivity index (χ1v) is 30.0. The zero-order valence-corrected chi connectivity index (χ0v) is 28.8. The fraction of sp³-hybridized carbons (Fsp3) is 0.857. The van der Waals surface area contributed by atoms with E-state index in [1.165, 1.54) is 77.0 Å². The Hall–Kier alpha value is 1.30. The van der Waals surface area contributed by atoms with E-state index < -0.39 is 36.8 Å². The van der Waals surface area contributed by atoms with Gasteiger partial charge in [-0.15, -0.1) is 0 Å². The van der Waals surface area contributed by atoms with Crippen molar-refractivity contribution in [2.75, 3.05) is 0 Å². The van der Waals surface area contributed by atoms with Gasteiger partial charge < -0.3 is 0 Å². The Morgan fingerprint density at radius 2 is 0.839 bits per heavy atom. The van der Waals surface area contributed by atoms with Crippen molar-refractivity contribution in [2.24, 2.45) is 0 Å². The van der Waals surface area contributed by atoms with E-state index in [0.29, 0.717) is 0 Å². The maximum absolute atomic E-state index is 2.74. The Bertz CT molecular complexity index is 461. The summed E-state index contributed by atoms with van der Waals surface area (Å²) in [5.41, 5.74) is 0. The van der Waals surface area contributed by atoms with Crippen LogP contribution in [0.3, 0.4) is 0 Å². The molecule has 0 unspecified atom stereocenters. The summed E-state index contributed by atoms with van der Waals surface area (Å²) in [4.78, 5) is 0. The molecule has 31 heavy (non-hydrogen) atoms. The van der Waals surface area contributed by atoms with Crippen LogP contribution in [0.15, 0.2) is 11.4 Å². The third-order valence-corrected chi connectivity index (χ3v) is 45.4. The van der Waals surface area contributed by atoms with Gasteiger partial charge in [0, 0.05) is 0 Å². The summed E-state index contributed by atoms with van der Waals surface area (Å²) < 4.78 is 14.1. The van der Waals surface area contributed by atoms with E-state index in [0.717, 1.165) is 0 Å². The Labute approximate surface area is 209 Å². The number of hydrogen-bond acceptors (Lipinski definition) is 1. The van der Waals surface area contributed by atoms with Crippen LogP contribution < -0.4 is 6.47 Å². The molecule has 0 saturated carbocycles. The molecule has 0 fully saturated rings. The van der Waals surface area contributed by atoms with Crippen molar-refractivity contribution >= 4 is 54.6 Å². The zero-order chi connectivity index (χ0) is 23.0. The minimum atomic E-state index is -2.35. The van der Waals surface area contributed by atoms with Crippen LogP contribution in [0.25, 0.3) is 0 Å². The van der Waals surface area contributed by atoms with Crippen molar-refractivity contribution in [2.45, 2.75) is 145 Å². The van der Waals surface area contributed by atoms with Crippen molar-refractivity contribution in [3.05, 3.63) is 11.4 Å². The van der Waals surface area contributed by atoms with Crippen molar-refractivity contribution in [1.29, 1.82) is 0 Å². The summed E-state index contributed by atoms with van der Waals surface area (Å²) in [6.07, 6.45) is 17.4. The van der Waals surface area contributed by atoms with E-state index in [2.05, 4.69) is 70.8 Å². The molecule has 0 radical (unpaired) electrons. The first kappa shape index (κ1) is 30.3. The van der Waals surface area contributed by atoms with Gasteiger partial charge in [0.2, 0.25) is 0 Å². The molecule has 0 spiro atoms. The van der Waals surface area contributed by atoms with Gasteiger partial charge in [-0.25, -0.2) is 0 Å². The van der Waals surface area contributed by atoms with Gasteiger partial charge in [0.15, 0.2) is 0 Å². The van der Waals surface area contributed by atoms with Crippen LogP contribution in [0.1, 0.15) is 119 Å². The molecule has 1 aromatic heterocycles. The molecule has 0 amide bonds. The molecule has 0 N–H and O–H groups in total. The van der Waals surface area contributed by atoms with Crippen LogP contribution in [0.4, 0.5) is 0 Å². The van der Waals surface area contributed by atoms with Crippen LogP contribution in [0.2, 0.25) is 26.6 Å². The first-order valence-electron chi connectivity index (χ1n) is 14.2. The van der Waals surface area contributed by atoms with Crippen molar-refractivity contribution in [1.82, 2.24) is 0 Å². The van der Waals surface area contributed by atoms with E-state index in [1.807, 2.05) is 0 Å². The van der Waals surface area contributed by atoms with Gasteiger partial charge in [0.1, 0.15) is 0 Å². The molecule has 0 saturated heterocycles. The summed E-state index contributed by atoms with van der Waals surface area (Å²) >= 11 is -2.41. The molecule has 0 nitrogen and oxygen atoms in total. The van der Waals surface area contributed by atoms with E-state index >= 15 is 0 Å². The Morgan fingerprint density at radius 1 is 0.516 bits per heavy atom. The summed E-state index contributed by atoms with van der Waals surface area (Å²) in [6.45, 7) is 14.6. The third-order valence-electron chi connectivity index (χ3n) is 7.77. The van der Waals surface area contributed by atoms with Crippen molar-refractivity contribution < 1.29 is 0 Å². The van der Waals surface area contributed by atoms with Crippen LogP contribution in [0, 0.1) is 0 Å². The summed E-state index contributed by atoms with van der Waals surface area (Å²) in [5, 5.41) is 2.58. The predicted octanol–water partition coefficient (Wildman–Crippen LogP) is 9.86. The standard InChI is InChI=1S/C4H2S.6C4H9.2Sn/c1-2-4-5-3-1;6*1-3-4-2;;/h1,3H;6*1,3-4H2,2H3;;. The van der Waals surface area contributed by atoms with Gasteiger partial charge in [0.05, 0.1) is 0 Å². The van der Waals surface area contributed by atoms with E-state index in [-0.39, 0.29) is 0 Å². The van der Waals surface area contributed by atoms with Crippen molar-refractivity contribution in [3.63, 3.8) is 0 Å². The summed E-state index contributed by atoms with van der Waals surface area (Å²) in [5.74, 6) is 0. The van der Waals surface area contributed by atoms with Crippen LogP contribution in [-0.4, -0.2) is 36.8 Å². The number of hydrogen-bond donors (Lipinski definition) is 0. The summed E-state index contributed by atoms with van der Waals surface area (Å²) in [6, 6.07) is 2.74. The fourth-order valence-electron chi connectivity index (χ4n) is 5.72. The Morgan fingerprint density at radius 3 is 1.16 bits per heavy atom. The summed E-state index contributed by atoms with van der Waals surface area (Å²) in [7, 11) is 0. The molecule has 0 aliphatic carbocycles. The SMILES string of the molecule is CCC[CH2][Sn]([CH2]CCC)([CH2]CCC)[c]1ccs[c]1[Sn]([CH2]CCC)([CH2]CCC)[CH2]CCC. The van der Waals surface area contributed by atoms with E-state index in [9.17, 15) is 0 Å². The molecule has 3 heteroatoms. The molecule has 1 aromatic rings. The van der Waals surface area contributed by atoms with E-state index in [1.54, 1.807) is 26.6 Å². The first-order chi connectivity index (χ1) is 15.1. The second-order valence-electron chi connectivity index (χ2n) is 10.3. The molecule has 0 aliphatic heterocycles. The zero-order valence-electron chi connectivity index (χ0n) is 22.3. The average Bonchev–Trinajstić information content (AvgIpc) is 3.30. The quantitative estimate of drug-likeness (QED) is 0.122. The molecular formula is C28H56SSn2. The predicted molar refractivity (Wildman–Crippen MR) is 153 cm³/mol. The van der Waals surface area contributed by atoms with E-state index in [4.69, 9.17) is 0 Å². The number of rotatable bonds is 20. The normalized spacial score (nSPS) is 12.6. The molecule has 182 valence electrons. The number of unbranched alkanes of at least 4 members (excludes halogenated alkanes) is 6. The fourth-order valence-corrected chi connectivity index (χ4v) is 54.4. The topological polar surface area (TPSA) is 0 Å².